The summed E-state index contributed by atoms with van der Waals surface area (Å²) in [6, 6.07) is 8.20. The maximum absolute atomic E-state index is 13.2. The summed E-state index contributed by atoms with van der Waals surface area (Å²) in [5.74, 6) is -1.85. The summed E-state index contributed by atoms with van der Waals surface area (Å²) in [7, 11) is 0. The molecule has 1 aliphatic rings. The van der Waals surface area contributed by atoms with E-state index in [2.05, 4.69) is 5.32 Å². The Hall–Kier alpha value is -2.23. The van der Waals surface area contributed by atoms with Crippen LogP contribution in [-0.2, 0) is 6.42 Å². The molecule has 1 heterocycles. The third kappa shape index (κ3) is 2.41. The van der Waals surface area contributed by atoms with E-state index in [0.717, 1.165) is 48.8 Å². The fraction of sp³-hybridized carbons (Fsp3) is 0.188. The summed E-state index contributed by atoms with van der Waals surface area (Å²) in [6.07, 6.45) is 1.92. The Labute approximate surface area is 115 Å². The van der Waals surface area contributed by atoms with Gasteiger partial charge < -0.3 is 5.32 Å². The number of carbonyl (C=O) groups excluding carboxylic acids is 1. The molecule has 3 rings (SSSR count). The molecule has 4 heteroatoms. The predicted octanol–water partition coefficient (Wildman–Crippen LogP) is 3.55. The van der Waals surface area contributed by atoms with E-state index in [0.29, 0.717) is 5.56 Å². The van der Waals surface area contributed by atoms with Gasteiger partial charge in [-0.2, -0.15) is 0 Å². The molecule has 0 spiro atoms. The largest absolute Gasteiger partial charge is 0.385 e. The van der Waals surface area contributed by atoms with E-state index in [4.69, 9.17) is 0 Å². The summed E-state index contributed by atoms with van der Waals surface area (Å²) < 4.78 is 26.4. The van der Waals surface area contributed by atoms with Gasteiger partial charge in [-0.05, 0) is 48.7 Å². The van der Waals surface area contributed by atoms with Gasteiger partial charge in [0.25, 0.3) is 0 Å². The molecule has 0 radical (unpaired) electrons. The molecule has 20 heavy (non-hydrogen) atoms. The van der Waals surface area contributed by atoms with Crippen molar-refractivity contribution in [3.63, 3.8) is 0 Å². The number of benzene rings is 2. The van der Waals surface area contributed by atoms with Crippen LogP contribution in [0.3, 0.4) is 0 Å². The molecule has 102 valence electrons. The van der Waals surface area contributed by atoms with Crippen molar-refractivity contribution >= 4 is 11.5 Å². The number of ketones is 1. The quantitative estimate of drug-likeness (QED) is 0.848. The average molecular weight is 273 g/mol. The van der Waals surface area contributed by atoms with Crippen LogP contribution < -0.4 is 5.32 Å². The summed E-state index contributed by atoms with van der Waals surface area (Å²) in [6.45, 7) is 0.926. The molecule has 0 saturated carbocycles. The normalized spacial score (nSPS) is 13.5. The number of rotatable bonds is 2. The van der Waals surface area contributed by atoms with Crippen molar-refractivity contribution in [3.8, 4) is 0 Å². The van der Waals surface area contributed by atoms with Gasteiger partial charge in [-0.1, -0.05) is 0 Å². The van der Waals surface area contributed by atoms with Gasteiger partial charge in [0.05, 0.1) is 0 Å². The zero-order valence-electron chi connectivity index (χ0n) is 10.7. The van der Waals surface area contributed by atoms with E-state index in [1.54, 1.807) is 12.1 Å². The molecule has 1 N–H and O–H groups in total. The molecule has 2 nitrogen and oxygen atoms in total. The minimum absolute atomic E-state index is 0.0335. The van der Waals surface area contributed by atoms with Gasteiger partial charge in [-0.3, -0.25) is 4.79 Å². The highest BCUT2D eigenvalue weighted by molar-refractivity contribution is 6.09. The Morgan fingerprint density at radius 3 is 2.50 bits per heavy atom. The Kier molecular flexibility index (Phi) is 3.22. The van der Waals surface area contributed by atoms with Gasteiger partial charge >= 0.3 is 0 Å². The molecule has 0 saturated heterocycles. The highest BCUT2D eigenvalue weighted by Gasteiger charge is 2.15. The topological polar surface area (TPSA) is 29.1 Å². The minimum Gasteiger partial charge on any atom is -0.385 e. The molecule has 2 aromatic carbocycles. The summed E-state index contributed by atoms with van der Waals surface area (Å²) in [4.78, 5) is 12.3. The maximum Gasteiger partial charge on any atom is 0.193 e. The summed E-state index contributed by atoms with van der Waals surface area (Å²) >= 11 is 0. The number of hydrogen-bond donors (Lipinski definition) is 1. The van der Waals surface area contributed by atoms with Crippen molar-refractivity contribution in [2.24, 2.45) is 0 Å². The van der Waals surface area contributed by atoms with Crippen molar-refractivity contribution in [1.29, 1.82) is 0 Å². The van der Waals surface area contributed by atoms with Gasteiger partial charge in [0.1, 0.15) is 11.6 Å². The van der Waals surface area contributed by atoms with Crippen molar-refractivity contribution in [2.45, 2.75) is 12.8 Å². The number of anilines is 1. The minimum atomic E-state index is -0.743. The molecule has 0 unspecified atom stereocenters. The van der Waals surface area contributed by atoms with Crippen LogP contribution in [0.1, 0.15) is 27.9 Å². The molecule has 1 aliphatic heterocycles. The third-order valence-electron chi connectivity index (χ3n) is 3.43. The van der Waals surface area contributed by atoms with Gasteiger partial charge in [-0.25, -0.2) is 8.78 Å². The van der Waals surface area contributed by atoms with Crippen molar-refractivity contribution in [2.75, 3.05) is 11.9 Å². The van der Waals surface area contributed by atoms with Crippen LogP contribution in [0.15, 0.2) is 36.4 Å². The molecular formula is C16H13F2NO. The van der Waals surface area contributed by atoms with Crippen LogP contribution in [0.25, 0.3) is 0 Å². The maximum atomic E-state index is 13.2. The van der Waals surface area contributed by atoms with Crippen molar-refractivity contribution in [3.05, 3.63) is 64.7 Å². The first-order chi connectivity index (χ1) is 9.63. The molecule has 0 fully saturated rings. The van der Waals surface area contributed by atoms with Gasteiger partial charge in [0, 0.05) is 29.4 Å². The number of fused-ring (bicyclic) bond motifs is 1. The van der Waals surface area contributed by atoms with Crippen LogP contribution in [0.4, 0.5) is 14.5 Å². The lowest BCUT2D eigenvalue weighted by Crippen LogP contribution is -2.13. The van der Waals surface area contributed by atoms with Gasteiger partial charge in [0.15, 0.2) is 5.78 Å². The second-order valence-corrected chi connectivity index (χ2v) is 4.89. The first kappa shape index (κ1) is 12.8. The Balaban J connectivity index is 1.97. The van der Waals surface area contributed by atoms with E-state index < -0.39 is 11.6 Å². The molecule has 0 aliphatic carbocycles. The Morgan fingerprint density at radius 1 is 1.00 bits per heavy atom. The third-order valence-corrected chi connectivity index (χ3v) is 3.43. The molecule has 0 amide bonds. The highest BCUT2D eigenvalue weighted by atomic mass is 19.1. The van der Waals surface area contributed by atoms with Crippen molar-refractivity contribution < 1.29 is 13.6 Å². The number of hydrogen-bond acceptors (Lipinski definition) is 2. The van der Waals surface area contributed by atoms with Crippen LogP contribution in [0.5, 0.6) is 0 Å². The van der Waals surface area contributed by atoms with Crippen LogP contribution in [0, 0.1) is 11.6 Å². The highest BCUT2D eigenvalue weighted by Crippen LogP contribution is 2.24. The SMILES string of the molecule is O=C(c1cc(F)cc(F)c1)c1ccc2c(c1)CCCN2. The zero-order valence-corrected chi connectivity index (χ0v) is 10.7. The number of aryl methyl sites for hydroxylation is 1. The average Bonchev–Trinajstić information content (AvgIpc) is 2.45. The van der Waals surface area contributed by atoms with E-state index in [9.17, 15) is 13.6 Å². The second kappa shape index (κ2) is 5.04. The van der Waals surface area contributed by atoms with Gasteiger partial charge in [-0.15, -0.1) is 0 Å². The first-order valence-corrected chi connectivity index (χ1v) is 6.51. The van der Waals surface area contributed by atoms with E-state index in [1.165, 1.54) is 0 Å². The standard InChI is InChI=1S/C16H13F2NO/c17-13-7-12(8-14(18)9-13)16(20)11-3-4-15-10(6-11)2-1-5-19-15/h3-4,6-9,19H,1-2,5H2. The number of halogens is 2. The molecule has 0 atom stereocenters. The van der Waals surface area contributed by atoms with E-state index in [-0.39, 0.29) is 11.3 Å². The Bertz CT molecular complexity index is 662. The first-order valence-electron chi connectivity index (χ1n) is 6.51. The summed E-state index contributed by atoms with van der Waals surface area (Å²) in [5.41, 5.74) is 2.58. The van der Waals surface area contributed by atoms with Gasteiger partial charge in [0.2, 0.25) is 0 Å². The summed E-state index contributed by atoms with van der Waals surface area (Å²) in [5, 5.41) is 3.26. The van der Waals surface area contributed by atoms with Crippen LogP contribution in [0.2, 0.25) is 0 Å². The number of nitrogens with one attached hydrogen (secondary N) is 1. The monoisotopic (exact) mass is 273 g/mol. The second-order valence-electron chi connectivity index (χ2n) is 4.89. The van der Waals surface area contributed by atoms with Crippen LogP contribution in [-0.4, -0.2) is 12.3 Å². The van der Waals surface area contributed by atoms with E-state index >= 15 is 0 Å². The molecule has 0 aromatic heterocycles. The molecular weight excluding hydrogens is 260 g/mol. The lowest BCUT2D eigenvalue weighted by atomic mass is 9.96. The predicted molar refractivity (Wildman–Crippen MR) is 73.0 cm³/mol. The zero-order chi connectivity index (χ0) is 14.1. The van der Waals surface area contributed by atoms with E-state index in [1.807, 2.05) is 6.07 Å². The fourth-order valence-electron chi connectivity index (χ4n) is 2.47. The fourth-order valence-corrected chi connectivity index (χ4v) is 2.47. The lowest BCUT2D eigenvalue weighted by molar-refractivity contribution is 0.103. The van der Waals surface area contributed by atoms with Crippen molar-refractivity contribution in [1.82, 2.24) is 0 Å². The molecule has 0 bridgehead atoms. The smallest absolute Gasteiger partial charge is 0.193 e. The number of carbonyl (C=O) groups is 1. The molecule has 2 aromatic rings. The lowest BCUT2D eigenvalue weighted by Gasteiger charge is -2.18. The van der Waals surface area contributed by atoms with Crippen LogP contribution >= 0.6 is 0 Å². The Morgan fingerprint density at radius 2 is 1.75 bits per heavy atom.